The summed E-state index contributed by atoms with van der Waals surface area (Å²) < 4.78 is 4.97. The second-order valence-electron chi connectivity index (χ2n) is 8.82. The number of halogens is 1. The van der Waals surface area contributed by atoms with Gasteiger partial charge in [-0.15, -0.1) is 11.3 Å². The number of rotatable bonds is 10. The van der Waals surface area contributed by atoms with Crippen molar-refractivity contribution >= 4 is 57.3 Å². The summed E-state index contributed by atoms with van der Waals surface area (Å²) >= 11 is 7.40. The van der Waals surface area contributed by atoms with Crippen LogP contribution in [0.1, 0.15) is 61.6 Å². The SMILES string of the molecule is COC(=O)c1c(NC(=O)CCCCCN2C(=O)c3cccc([N+](=O)[O-])c3C2=O)sc(C)c1-c1cccc(Cl)c1. The minimum absolute atomic E-state index is 0.0263. The number of amides is 3. The molecule has 3 amide bonds. The molecule has 202 valence electrons. The Hall–Kier alpha value is -4.09. The molecule has 1 aromatic heterocycles. The summed E-state index contributed by atoms with van der Waals surface area (Å²) in [5.41, 5.74) is 1.09. The summed E-state index contributed by atoms with van der Waals surface area (Å²) in [7, 11) is 1.27. The first-order valence-electron chi connectivity index (χ1n) is 12.0. The second kappa shape index (κ2) is 11.7. The Morgan fingerprint density at radius 1 is 1.08 bits per heavy atom. The lowest BCUT2D eigenvalue weighted by Crippen LogP contribution is -2.30. The van der Waals surface area contributed by atoms with Crippen LogP contribution in [0.4, 0.5) is 10.7 Å². The van der Waals surface area contributed by atoms with E-state index in [1.54, 1.807) is 18.2 Å². The lowest BCUT2D eigenvalue weighted by Gasteiger charge is -2.13. The van der Waals surface area contributed by atoms with Gasteiger partial charge in [0.05, 0.1) is 17.6 Å². The van der Waals surface area contributed by atoms with E-state index >= 15 is 0 Å². The topological polar surface area (TPSA) is 136 Å². The highest BCUT2D eigenvalue weighted by atomic mass is 35.5. The summed E-state index contributed by atoms with van der Waals surface area (Å²) in [6, 6.07) is 11.0. The number of methoxy groups -OCH3 is 1. The zero-order valence-corrected chi connectivity index (χ0v) is 22.7. The van der Waals surface area contributed by atoms with E-state index in [9.17, 15) is 29.3 Å². The summed E-state index contributed by atoms with van der Waals surface area (Å²) in [5.74, 6) is -2.12. The number of nitro groups is 1. The van der Waals surface area contributed by atoms with Gasteiger partial charge in [0.1, 0.15) is 16.1 Å². The van der Waals surface area contributed by atoms with E-state index in [0.29, 0.717) is 34.8 Å². The summed E-state index contributed by atoms with van der Waals surface area (Å²) in [4.78, 5) is 63.0. The molecule has 0 bridgehead atoms. The van der Waals surface area contributed by atoms with Gasteiger partial charge in [0.15, 0.2) is 0 Å². The van der Waals surface area contributed by atoms with Gasteiger partial charge >= 0.3 is 5.97 Å². The molecule has 0 saturated carbocycles. The van der Waals surface area contributed by atoms with Crippen LogP contribution < -0.4 is 5.32 Å². The normalized spacial score (nSPS) is 12.4. The van der Waals surface area contributed by atoms with Crippen LogP contribution in [0, 0.1) is 17.0 Å². The number of carbonyl (C=O) groups excluding carboxylic acids is 4. The molecule has 1 aliphatic heterocycles. The third-order valence-corrected chi connectivity index (χ3v) is 7.56. The number of anilines is 1. The molecule has 3 aromatic rings. The maximum Gasteiger partial charge on any atom is 0.341 e. The van der Waals surface area contributed by atoms with Crippen LogP contribution in [0.5, 0.6) is 0 Å². The number of hydrogen-bond donors (Lipinski definition) is 1. The van der Waals surface area contributed by atoms with E-state index in [-0.39, 0.29) is 35.6 Å². The lowest BCUT2D eigenvalue weighted by molar-refractivity contribution is -0.385. The van der Waals surface area contributed by atoms with Crippen molar-refractivity contribution in [3.05, 3.63) is 79.2 Å². The smallest absolute Gasteiger partial charge is 0.341 e. The number of nitro benzene ring substituents is 1. The van der Waals surface area contributed by atoms with Gasteiger partial charge in [0, 0.05) is 34.5 Å². The largest absolute Gasteiger partial charge is 0.465 e. The molecule has 1 aliphatic rings. The molecular weight excluding hydrogens is 546 g/mol. The van der Waals surface area contributed by atoms with Crippen molar-refractivity contribution in [3.63, 3.8) is 0 Å². The van der Waals surface area contributed by atoms with Gasteiger partial charge in [-0.2, -0.15) is 0 Å². The predicted molar refractivity (Wildman–Crippen MR) is 146 cm³/mol. The predicted octanol–water partition coefficient (Wildman–Crippen LogP) is 5.87. The number of imide groups is 1. The Kier molecular flexibility index (Phi) is 8.41. The number of hydrogen-bond acceptors (Lipinski definition) is 8. The van der Waals surface area contributed by atoms with Crippen LogP contribution >= 0.6 is 22.9 Å². The average Bonchev–Trinajstić information content (AvgIpc) is 3.36. The van der Waals surface area contributed by atoms with Gasteiger partial charge < -0.3 is 10.1 Å². The maximum absolute atomic E-state index is 12.7. The van der Waals surface area contributed by atoms with Gasteiger partial charge in [0.25, 0.3) is 17.5 Å². The molecule has 0 aliphatic carbocycles. The van der Waals surface area contributed by atoms with Gasteiger partial charge in [-0.3, -0.25) is 29.4 Å². The summed E-state index contributed by atoms with van der Waals surface area (Å²) in [6.07, 6.45) is 1.58. The maximum atomic E-state index is 12.7. The first-order valence-corrected chi connectivity index (χ1v) is 13.2. The molecule has 0 saturated heterocycles. The molecule has 39 heavy (non-hydrogen) atoms. The average molecular weight is 570 g/mol. The number of carbonyl (C=O) groups is 4. The molecule has 2 heterocycles. The fourth-order valence-corrected chi connectivity index (χ4v) is 5.78. The van der Waals surface area contributed by atoms with Gasteiger partial charge in [-0.25, -0.2) is 4.79 Å². The minimum Gasteiger partial charge on any atom is -0.465 e. The molecule has 0 spiro atoms. The van der Waals surface area contributed by atoms with Gasteiger partial charge in [0.2, 0.25) is 5.91 Å². The first kappa shape index (κ1) is 27.9. The van der Waals surface area contributed by atoms with Crippen LogP contribution in [0.2, 0.25) is 5.02 Å². The zero-order chi connectivity index (χ0) is 28.3. The highest BCUT2D eigenvalue weighted by Gasteiger charge is 2.40. The molecular formula is C27H24ClN3O7S. The number of aryl methyl sites for hydroxylation is 1. The standard InChI is InChI=1S/C27H24ClN3O7S/c1-15-21(16-8-6-9-17(28)14-16)23(27(35)38-2)24(39-15)29-20(32)12-4-3-5-13-30-25(33)18-10-7-11-19(31(36)37)22(18)26(30)34/h6-11,14H,3-5,12-13H2,1-2H3,(H,29,32). The highest BCUT2D eigenvalue weighted by molar-refractivity contribution is 7.17. The van der Waals surface area contributed by atoms with Gasteiger partial charge in [-0.1, -0.05) is 36.2 Å². The molecule has 0 radical (unpaired) electrons. The van der Waals surface area contributed by atoms with Crippen molar-refractivity contribution in [1.29, 1.82) is 0 Å². The molecule has 1 N–H and O–H groups in total. The molecule has 2 aromatic carbocycles. The van der Waals surface area contributed by atoms with E-state index in [4.69, 9.17) is 16.3 Å². The molecule has 4 rings (SSSR count). The van der Waals surface area contributed by atoms with Crippen LogP contribution in [0.25, 0.3) is 11.1 Å². The number of esters is 1. The number of benzene rings is 2. The number of thiophene rings is 1. The number of nitrogens with zero attached hydrogens (tertiary/aromatic N) is 2. The van der Waals surface area contributed by atoms with E-state index in [2.05, 4.69) is 5.32 Å². The van der Waals surface area contributed by atoms with Crippen molar-refractivity contribution in [3.8, 4) is 11.1 Å². The first-order chi connectivity index (χ1) is 18.6. The number of nitrogens with one attached hydrogen (secondary N) is 1. The van der Waals surface area contributed by atoms with E-state index < -0.39 is 28.4 Å². The summed E-state index contributed by atoms with van der Waals surface area (Å²) in [6.45, 7) is 1.93. The quantitative estimate of drug-likeness (QED) is 0.106. The number of ether oxygens (including phenoxy) is 1. The molecule has 0 unspecified atom stereocenters. The Bertz CT molecular complexity index is 1500. The molecule has 10 nitrogen and oxygen atoms in total. The third kappa shape index (κ3) is 5.69. The fraction of sp³-hybridized carbons (Fsp3) is 0.259. The Labute approximate surface area is 232 Å². The van der Waals surface area contributed by atoms with Gasteiger partial charge in [-0.05, 0) is 43.5 Å². The summed E-state index contributed by atoms with van der Waals surface area (Å²) in [5, 5.41) is 15.0. The fourth-order valence-electron chi connectivity index (χ4n) is 4.51. The van der Waals surface area contributed by atoms with Crippen molar-refractivity contribution in [2.75, 3.05) is 19.0 Å². The second-order valence-corrected chi connectivity index (χ2v) is 10.5. The molecule has 0 atom stereocenters. The van der Waals surface area contributed by atoms with E-state index in [1.165, 1.54) is 36.6 Å². The monoisotopic (exact) mass is 569 g/mol. The van der Waals surface area contributed by atoms with E-state index in [1.807, 2.05) is 13.0 Å². The Morgan fingerprint density at radius 2 is 1.82 bits per heavy atom. The van der Waals surface area contributed by atoms with Crippen molar-refractivity contribution < 1.29 is 28.8 Å². The van der Waals surface area contributed by atoms with Crippen molar-refractivity contribution in [1.82, 2.24) is 4.90 Å². The van der Waals surface area contributed by atoms with Crippen LogP contribution in [0.15, 0.2) is 42.5 Å². The van der Waals surface area contributed by atoms with Crippen LogP contribution in [0.3, 0.4) is 0 Å². The Morgan fingerprint density at radius 3 is 2.51 bits per heavy atom. The Balaban J connectivity index is 1.35. The zero-order valence-electron chi connectivity index (χ0n) is 21.1. The van der Waals surface area contributed by atoms with E-state index in [0.717, 1.165) is 15.3 Å². The third-order valence-electron chi connectivity index (χ3n) is 6.30. The van der Waals surface area contributed by atoms with Crippen molar-refractivity contribution in [2.24, 2.45) is 0 Å². The molecule has 12 heteroatoms. The minimum atomic E-state index is -0.682. The lowest BCUT2D eigenvalue weighted by atomic mass is 10.0. The molecule has 0 fully saturated rings. The number of unbranched alkanes of at least 4 members (excludes halogenated alkanes) is 2. The van der Waals surface area contributed by atoms with Crippen molar-refractivity contribution in [2.45, 2.75) is 32.6 Å². The number of fused-ring (bicyclic) bond motifs is 1. The van der Waals surface area contributed by atoms with Crippen LogP contribution in [-0.4, -0.2) is 47.2 Å². The highest BCUT2D eigenvalue weighted by Crippen LogP contribution is 2.41. The van der Waals surface area contributed by atoms with Crippen LogP contribution in [-0.2, 0) is 9.53 Å².